The molecule has 0 bridgehead atoms. The third-order valence-electron chi connectivity index (χ3n) is 10.1. The molecule has 0 saturated carbocycles. The zero-order valence-corrected chi connectivity index (χ0v) is 30.4. The van der Waals surface area contributed by atoms with Crippen molar-refractivity contribution in [2.75, 3.05) is 44.6 Å². The maximum Gasteiger partial charge on any atom is 0.410 e. The van der Waals surface area contributed by atoms with E-state index in [1.54, 1.807) is 36.1 Å². The Morgan fingerprint density at radius 1 is 0.811 bits per heavy atom. The van der Waals surface area contributed by atoms with Gasteiger partial charge in [-0.15, -0.1) is 0 Å². The SMILES string of the molecule is CC(C)[C@H](NC(=O)[C@@H]1CCCN1C(=O)[C@@H](C)NC(=O)OCC1c2ccccc2-c2ccccc21)C(=O)Nc1ccc(COC(=O)N2CCNCC2)cc1. The van der Waals surface area contributed by atoms with Gasteiger partial charge >= 0.3 is 12.2 Å². The van der Waals surface area contributed by atoms with E-state index in [0.717, 1.165) is 40.9 Å². The predicted octanol–water partition coefficient (Wildman–Crippen LogP) is 4.23. The van der Waals surface area contributed by atoms with Gasteiger partial charge < -0.3 is 40.5 Å². The summed E-state index contributed by atoms with van der Waals surface area (Å²) in [5.41, 5.74) is 5.71. The Balaban J connectivity index is 0.985. The fourth-order valence-electron chi connectivity index (χ4n) is 7.20. The van der Waals surface area contributed by atoms with E-state index in [0.29, 0.717) is 38.2 Å². The highest BCUT2D eigenvalue weighted by Crippen LogP contribution is 2.44. The Hall–Kier alpha value is -5.43. The number of fused-ring (bicyclic) bond motifs is 3. The lowest BCUT2D eigenvalue weighted by Crippen LogP contribution is -2.56. The summed E-state index contributed by atoms with van der Waals surface area (Å²) in [5.74, 6) is -1.59. The first-order valence-corrected chi connectivity index (χ1v) is 18.3. The highest BCUT2D eigenvalue weighted by molar-refractivity contribution is 5.99. The Bertz CT molecular complexity index is 1760. The number of likely N-dealkylation sites (tertiary alicyclic amines) is 1. The number of amides is 5. The maximum absolute atomic E-state index is 13.6. The molecule has 0 aromatic heterocycles. The van der Waals surface area contributed by atoms with Crippen molar-refractivity contribution in [1.29, 1.82) is 0 Å². The van der Waals surface area contributed by atoms with Crippen LogP contribution in [-0.4, -0.2) is 97.2 Å². The molecule has 3 aromatic carbocycles. The first kappa shape index (κ1) is 37.3. The molecule has 0 radical (unpaired) electrons. The van der Waals surface area contributed by atoms with Crippen LogP contribution < -0.4 is 21.3 Å². The van der Waals surface area contributed by atoms with Crippen molar-refractivity contribution < 1.29 is 33.4 Å². The van der Waals surface area contributed by atoms with Gasteiger partial charge in [-0.3, -0.25) is 14.4 Å². The van der Waals surface area contributed by atoms with Crippen molar-refractivity contribution in [3.63, 3.8) is 0 Å². The Kier molecular flexibility index (Phi) is 11.9. The molecule has 2 saturated heterocycles. The quantitative estimate of drug-likeness (QED) is 0.229. The standard InChI is InChI=1S/C40H48N6O7/c1-25(2)35(37(48)43-28-16-14-27(15-17-28)23-53-40(51)45-21-18-41-19-22-45)44-36(47)34-13-8-20-46(34)38(49)26(3)42-39(50)52-24-33-31-11-6-4-9-29(31)30-10-5-7-12-32(30)33/h4-7,9-12,14-17,25-26,33-35,41H,8,13,18-24H2,1-3H3,(H,42,50)(H,43,48)(H,44,47)/t26-,34+,35+/m1/s1. The second-order valence-electron chi connectivity index (χ2n) is 14.1. The van der Waals surface area contributed by atoms with Crippen LogP contribution in [0.25, 0.3) is 11.1 Å². The number of benzene rings is 3. The molecule has 280 valence electrons. The van der Waals surface area contributed by atoms with Crippen LogP contribution in [0.4, 0.5) is 15.3 Å². The molecule has 3 aromatic rings. The summed E-state index contributed by atoms with van der Waals surface area (Å²) in [7, 11) is 0. The molecule has 2 fully saturated rings. The number of ether oxygens (including phenoxy) is 2. The van der Waals surface area contributed by atoms with Gasteiger partial charge in [0.05, 0.1) is 0 Å². The second kappa shape index (κ2) is 16.9. The first-order valence-electron chi connectivity index (χ1n) is 18.3. The lowest BCUT2D eigenvalue weighted by atomic mass is 9.98. The normalized spacial score (nSPS) is 17.7. The number of alkyl carbamates (subject to hydrolysis) is 1. The predicted molar refractivity (Wildman–Crippen MR) is 199 cm³/mol. The van der Waals surface area contributed by atoms with Crippen LogP contribution in [0, 0.1) is 5.92 Å². The number of hydrogen-bond donors (Lipinski definition) is 4. The molecule has 0 spiro atoms. The minimum Gasteiger partial charge on any atom is -0.449 e. The number of carbonyl (C=O) groups is 5. The number of nitrogens with one attached hydrogen (secondary N) is 4. The fraction of sp³-hybridized carbons (Fsp3) is 0.425. The summed E-state index contributed by atoms with van der Waals surface area (Å²) >= 11 is 0. The molecular weight excluding hydrogens is 676 g/mol. The Morgan fingerprint density at radius 2 is 1.45 bits per heavy atom. The maximum atomic E-state index is 13.6. The van der Waals surface area contributed by atoms with Gasteiger partial charge in [0, 0.05) is 44.3 Å². The molecule has 13 heteroatoms. The van der Waals surface area contributed by atoms with Crippen molar-refractivity contribution in [2.24, 2.45) is 5.92 Å². The number of hydrogen-bond acceptors (Lipinski definition) is 8. The summed E-state index contributed by atoms with van der Waals surface area (Å²) in [6.07, 6.45) is -0.0313. The van der Waals surface area contributed by atoms with Gasteiger partial charge in [0.15, 0.2) is 0 Å². The minimum atomic E-state index is -0.934. The van der Waals surface area contributed by atoms with E-state index in [1.165, 1.54) is 4.90 Å². The smallest absolute Gasteiger partial charge is 0.410 e. The third-order valence-corrected chi connectivity index (χ3v) is 10.1. The largest absolute Gasteiger partial charge is 0.449 e. The van der Waals surface area contributed by atoms with Gasteiger partial charge in [0.25, 0.3) is 0 Å². The van der Waals surface area contributed by atoms with Crippen LogP contribution in [-0.2, 0) is 30.5 Å². The zero-order chi connectivity index (χ0) is 37.5. The van der Waals surface area contributed by atoms with Crippen LogP contribution >= 0.6 is 0 Å². The highest BCUT2D eigenvalue weighted by Gasteiger charge is 2.38. The summed E-state index contributed by atoms with van der Waals surface area (Å²) in [5, 5.41) is 11.6. The Labute approximate surface area is 309 Å². The first-order chi connectivity index (χ1) is 25.6. The molecule has 1 aliphatic carbocycles. The molecule has 0 unspecified atom stereocenters. The molecule has 6 rings (SSSR count). The van der Waals surface area contributed by atoms with E-state index in [-0.39, 0.29) is 31.1 Å². The molecular formula is C40H48N6O7. The lowest BCUT2D eigenvalue weighted by Gasteiger charge is -2.29. The lowest BCUT2D eigenvalue weighted by molar-refractivity contribution is -0.140. The van der Waals surface area contributed by atoms with Crippen molar-refractivity contribution in [2.45, 2.75) is 64.3 Å². The van der Waals surface area contributed by atoms with Crippen LogP contribution in [0.5, 0.6) is 0 Å². The summed E-state index contributed by atoms with van der Waals surface area (Å²) in [6.45, 7) is 8.49. The molecule has 2 heterocycles. The molecule has 3 aliphatic rings. The summed E-state index contributed by atoms with van der Waals surface area (Å²) < 4.78 is 11.1. The van der Waals surface area contributed by atoms with Crippen molar-refractivity contribution in [1.82, 2.24) is 25.8 Å². The van der Waals surface area contributed by atoms with Gasteiger partial charge in [0.1, 0.15) is 31.3 Å². The average molecular weight is 725 g/mol. The van der Waals surface area contributed by atoms with Crippen LogP contribution in [0.15, 0.2) is 72.8 Å². The fourth-order valence-corrected chi connectivity index (χ4v) is 7.20. The average Bonchev–Trinajstić information content (AvgIpc) is 3.79. The van der Waals surface area contributed by atoms with E-state index in [1.807, 2.05) is 50.2 Å². The number of rotatable bonds is 11. The van der Waals surface area contributed by atoms with Gasteiger partial charge in [-0.05, 0) is 65.6 Å². The zero-order valence-electron chi connectivity index (χ0n) is 30.4. The minimum absolute atomic E-state index is 0.109. The molecule has 13 nitrogen and oxygen atoms in total. The van der Waals surface area contributed by atoms with Crippen LogP contribution in [0.3, 0.4) is 0 Å². The summed E-state index contributed by atoms with van der Waals surface area (Å²) in [4.78, 5) is 68.8. The highest BCUT2D eigenvalue weighted by atomic mass is 16.6. The van der Waals surface area contributed by atoms with Crippen molar-refractivity contribution >= 4 is 35.6 Å². The van der Waals surface area contributed by atoms with Crippen molar-refractivity contribution in [3.8, 4) is 11.1 Å². The number of nitrogens with zero attached hydrogens (tertiary/aromatic N) is 2. The number of anilines is 1. The van der Waals surface area contributed by atoms with Gasteiger partial charge in [-0.25, -0.2) is 9.59 Å². The Morgan fingerprint density at radius 3 is 2.09 bits per heavy atom. The number of carbonyl (C=O) groups excluding carboxylic acids is 5. The van der Waals surface area contributed by atoms with E-state index < -0.39 is 41.9 Å². The van der Waals surface area contributed by atoms with E-state index >= 15 is 0 Å². The molecule has 2 aliphatic heterocycles. The van der Waals surface area contributed by atoms with Gasteiger partial charge in [0.2, 0.25) is 17.7 Å². The van der Waals surface area contributed by atoms with Crippen LogP contribution in [0.1, 0.15) is 56.2 Å². The van der Waals surface area contributed by atoms with E-state index in [4.69, 9.17) is 9.47 Å². The van der Waals surface area contributed by atoms with Gasteiger partial charge in [-0.1, -0.05) is 74.5 Å². The molecule has 3 atom stereocenters. The second-order valence-corrected chi connectivity index (χ2v) is 14.1. The van der Waals surface area contributed by atoms with Crippen molar-refractivity contribution in [3.05, 3.63) is 89.5 Å². The van der Waals surface area contributed by atoms with E-state index in [2.05, 4.69) is 33.4 Å². The molecule has 5 amide bonds. The monoisotopic (exact) mass is 724 g/mol. The van der Waals surface area contributed by atoms with Crippen LogP contribution in [0.2, 0.25) is 0 Å². The third kappa shape index (κ3) is 8.79. The molecule has 53 heavy (non-hydrogen) atoms. The topological polar surface area (TPSA) is 158 Å². The van der Waals surface area contributed by atoms with E-state index in [9.17, 15) is 24.0 Å². The number of piperazine rings is 1. The summed E-state index contributed by atoms with van der Waals surface area (Å²) in [6, 6.07) is 20.5. The molecule has 4 N–H and O–H groups in total. The van der Waals surface area contributed by atoms with Gasteiger partial charge in [-0.2, -0.15) is 0 Å².